The van der Waals surface area contributed by atoms with E-state index in [1.165, 1.54) is 0 Å². The molecular formula is C14H11NOS. The smallest absolute Gasteiger partial charge is 0.195 e. The Morgan fingerprint density at radius 2 is 1.82 bits per heavy atom. The number of nitrogens with two attached hydrogens (primary N) is 1. The Kier molecular flexibility index (Phi) is 2.16. The lowest BCUT2D eigenvalue weighted by molar-refractivity contribution is 1.51. The van der Waals surface area contributed by atoms with Gasteiger partial charge in [0, 0.05) is 25.9 Å². The van der Waals surface area contributed by atoms with E-state index in [4.69, 9.17) is 5.73 Å². The molecule has 0 aliphatic heterocycles. The lowest BCUT2D eigenvalue weighted by atomic mass is 10.1. The number of hydrogen-bond donors (Lipinski definition) is 1. The average Bonchev–Trinajstić information content (AvgIpc) is 2.32. The summed E-state index contributed by atoms with van der Waals surface area (Å²) in [5.41, 5.74) is 7.63. The molecule has 0 saturated carbocycles. The van der Waals surface area contributed by atoms with Gasteiger partial charge in [-0.05, 0) is 36.8 Å². The zero-order chi connectivity index (χ0) is 12.0. The summed E-state index contributed by atoms with van der Waals surface area (Å²) in [5.74, 6) is 0. The van der Waals surface area contributed by atoms with E-state index in [2.05, 4.69) is 0 Å². The van der Waals surface area contributed by atoms with Crippen molar-refractivity contribution >= 4 is 37.2 Å². The number of anilines is 1. The molecule has 0 aliphatic rings. The summed E-state index contributed by atoms with van der Waals surface area (Å²) < 4.78 is 2.02. The van der Waals surface area contributed by atoms with Crippen LogP contribution in [0.5, 0.6) is 0 Å². The molecule has 3 aromatic rings. The molecule has 3 heteroatoms. The molecular weight excluding hydrogens is 230 g/mol. The maximum Gasteiger partial charge on any atom is 0.195 e. The van der Waals surface area contributed by atoms with Gasteiger partial charge < -0.3 is 5.73 Å². The minimum Gasteiger partial charge on any atom is -0.398 e. The Balaban J connectivity index is 2.60. The van der Waals surface area contributed by atoms with Gasteiger partial charge in [-0.2, -0.15) is 0 Å². The molecule has 0 spiro atoms. The molecule has 0 unspecified atom stereocenters. The van der Waals surface area contributed by atoms with Crippen LogP contribution in [0, 0.1) is 6.92 Å². The Labute approximate surface area is 102 Å². The maximum absolute atomic E-state index is 12.3. The second-order valence-corrected chi connectivity index (χ2v) is 5.22. The van der Waals surface area contributed by atoms with Gasteiger partial charge in [-0.1, -0.05) is 12.1 Å². The van der Waals surface area contributed by atoms with Crippen molar-refractivity contribution in [1.29, 1.82) is 0 Å². The van der Waals surface area contributed by atoms with Crippen molar-refractivity contribution in [2.75, 3.05) is 5.73 Å². The van der Waals surface area contributed by atoms with Crippen LogP contribution in [-0.2, 0) is 0 Å². The molecule has 1 aromatic heterocycles. The molecule has 0 saturated heterocycles. The minimum atomic E-state index is 0.0704. The fourth-order valence-corrected chi connectivity index (χ4v) is 3.12. The highest BCUT2D eigenvalue weighted by atomic mass is 32.1. The van der Waals surface area contributed by atoms with Crippen molar-refractivity contribution < 1.29 is 0 Å². The number of benzene rings is 2. The molecule has 0 aliphatic carbocycles. The summed E-state index contributed by atoms with van der Waals surface area (Å²) in [6.07, 6.45) is 0. The quantitative estimate of drug-likeness (QED) is 0.484. The molecule has 1 heterocycles. The van der Waals surface area contributed by atoms with Crippen LogP contribution in [0.25, 0.3) is 20.2 Å². The third-order valence-electron chi connectivity index (χ3n) is 2.96. The largest absolute Gasteiger partial charge is 0.398 e. The summed E-state index contributed by atoms with van der Waals surface area (Å²) in [6, 6.07) is 11.5. The third kappa shape index (κ3) is 1.51. The summed E-state index contributed by atoms with van der Waals surface area (Å²) in [5, 5.41) is 1.49. The monoisotopic (exact) mass is 241 g/mol. The molecule has 0 atom stereocenters. The van der Waals surface area contributed by atoms with E-state index >= 15 is 0 Å². The normalized spacial score (nSPS) is 11.1. The molecule has 0 fully saturated rings. The molecule has 2 N–H and O–H groups in total. The van der Waals surface area contributed by atoms with Crippen molar-refractivity contribution in [2.45, 2.75) is 6.92 Å². The van der Waals surface area contributed by atoms with E-state index in [0.717, 1.165) is 25.7 Å². The average molecular weight is 241 g/mol. The Hall–Kier alpha value is -1.87. The van der Waals surface area contributed by atoms with Gasteiger partial charge in [-0.15, -0.1) is 11.3 Å². The van der Waals surface area contributed by atoms with Crippen molar-refractivity contribution in [3.63, 3.8) is 0 Å². The lowest BCUT2D eigenvalue weighted by Gasteiger charge is -2.04. The highest BCUT2D eigenvalue weighted by Crippen LogP contribution is 2.27. The second kappa shape index (κ2) is 3.57. The fourth-order valence-electron chi connectivity index (χ4n) is 1.97. The first-order valence-electron chi connectivity index (χ1n) is 5.38. The highest BCUT2D eigenvalue weighted by molar-refractivity contribution is 7.24. The topological polar surface area (TPSA) is 43.1 Å². The predicted octanol–water partition coefficient (Wildman–Crippen LogP) is 3.31. The molecule has 2 aromatic carbocycles. The maximum atomic E-state index is 12.3. The van der Waals surface area contributed by atoms with Gasteiger partial charge in [0.2, 0.25) is 0 Å². The van der Waals surface area contributed by atoms with Crippen molar-refractivity contribution in [3.05, 3.63) is 52.2 Å². The van der Waals surface area contributed by atoms with E-state index in [9.17, 15) is 4.79 Å². The van der Waals surface area contributed by atoms with E-state index in [-0.39, 0.29) is 5.43 Å². The van der Waals surface area contributed by atoms with E-state index < -0.39 is 0 Å². The summed E-state index contributed by atoms with van der Waals surface area (Å²) >= 11 is 1.63. The van der Waals surface area contributed by atoms with E-state index in [0.29, 0.717) is 5.69 Å². The van der Waals surface area contributed by atoms with Crippen LogP contribution in [0.3, 0.4) is 0 Å². The van der Waals surface area contributed by atoms with Crippen LogP contribution in [0.4, 0.5) is 5.69 Å². The molecule has 0 amide bonds. The number of aryl methyl sites for hydroxylation is 1. The van der Waals surface area contributed by atoms with Crippen LogP contribution in [0.15, 0.2) is 41.2 Å². The summed E-state index contributed by atoms with van der Waals surface area (Å²) in [6.45, 7) is 1.96. The molecule has 0 radical (unpaired) electrons. The molecule has 2 nitrogen and oxygen atoms in total. The zero-order valence-corrected chi connectivity index (χ0v) is 10.2. The van der Waals surface area contributed by atoms with Crippen LogP contribution in [-0.4, -0.2) is 0 Å². The highest BCUT2D eigenvalue weighted by Gasteiger charge is 2.07. The van der Waals surface area contributed by atoms with Gasteiger partial charge in [-0.3, -0.25) is 4.79 Å². The Morgan fingerprint density at radius 1 is 1.06 bits per heavy atom. The first-order valence-corrected chi connectivity index (χ1v) is 6.20. The molecule has 17 heavy (non-hydrogen) atoms. The first kappa shape index (κ1) is 10.3. The van der Waals surface area contributed by atoms with Gasteiger partial charge >= 0.3 is 0 Å². The standard InChI is InChI=1S/C14H11NOS/c1-8-6-13-10(7-11(8)15)14(16)9-4-2-3-5-12(9)17-13/h2-7H,15H2,1H3. The minimum absolute atomic E-state index is 0.0704. The predicted molar refractivity (Wildman–Crippen MR) is 74.8 cm³/mol. The zero-order valence-electron chi connectivity index (χ0n) is 9.36. The third-order valence-corrected chi connectivity index (χ3v) is 4.10. The number of fused-ring (bicyclic) bond motifs is 2. The molecule has 0 bridgehead atoms. The Bertz CT molecular complexity index is 789. The van der Waals surface area contributed by atoms with Crippen molar-refractivity contribution in [3.8, 4) is 0 Å². The fraction of sp³-hybridized carbons (Fsp3) is 0.0714. The van der Waals surface area contributed by atoms with E-state index in [1.807, 2.05) is 37.3 Å². The van der Waals surface area contributed by atoms with Gasteiger partial charge in [0.25, 0.3) is 0 Å². The number of nitrogen functional groups attached to an aromatic ring is 1. The van der Waals surface area contributed by atoms with Crippen LogP contribution < -0.4 is 11.2 Å². The van der Waals surface area contributed by atoms with E-state index in [1.54, 1.807) is 17.4 Å². The SMILES string of the molecule is Cc1cc2sc3ccccc3c(=O)c2cc1N. The van der Waals surface area contributed by atoms with Crippen molar-refractivity contribution in [1.82, 2.24) is 0 Å². The van der Waals surface area contributed by atoms with Crippen LogP contribution in [0.1, 0.15) is 5.56 Å². The van der Waals surface area contributed by atoms with Crippen LogP contribution in [0.2, 0.25) is 0 Å². The van der Waals surface area contributed by atoms with Gasteiger partial charge in [0.05, 0.1) is 0 Å². The van der Waals surface area contributed by atoms with Gasteiger partial charge in [0.15, 0.2) is 5.43 Å². The summed E-state index contributed by atoms with van der Waals surface area (Å²) in [4.78, 5) is 12.3. The van der Waals surface area contributed by atoms with Crippen LogP contribution >= 0.6 is 11.3 Å². The lowest BCUT2D eigenvalue weighted by Crippen LogP contribution is -2.02. The van der Waals surface area contributed by atoms with Gasteiger partial charge in [0.1, 0.15) is 0 Å². The Morgan fingerprint density at radius 3 is 2.65 bits per heavy atom. The molecule has 84 valence electrons. The molecule has 3 rings (SSSR count). The summed E-state index contributed by atoms with van der Waals surface area (Å²) in [7, 11) is 0. The second-order valence-electron chi connectivity index (χ2n) is 4.13. The van der Waals surface area contributed by atoms with Gasteiger partial charge in [-0.25, -0.2) is 0 Å². The number of hydrogen-bond acceptors (Lipinski definition) is 3. The number of rotatable bonds is 0. The first-order chi connectivity index (χ1) is 8.16. The van der Waals surface area contributed by atoms with Crippen molar-refractivity contribution in [2.24, 2.45) is 0 Å².